The lowest BCUT2D eigenvalue weighted by atomic mass is 10.2. The summed E-state index contributed by atoms with van der Waals surface area (Å²) in [4.78, 5) is 20.7. The van der Waals surface area contributed by atoms with Crippen LogP contribution in [0.1, 0.15) is 40.4 Å². The van der Waals surface area contributed by atoms with E-state index in [1.165, 1.54) is 0 Å². The number of benzene rings is 5. The first-order valence-electron chi connectivity index (χ1n) is 14.0. The second kappa shape index (κ2) is 14.8. The number of hydrogen-bond acceptors (Lipinski definition) is 8. The molecule has 0 radical (unpaired) electrons. The molecule has 0 aromatic heterocycles. The minimum atomic E-state index is -3.97. The molecule has 5 aromatic carbocycles. The van der Waals surface area contributed by atoms with E-state index in [0.717, 1.165) is 27.8 Å². The van der Waals surface area contributed by atoms with Gasteiger partial charge in [-0.2, -0.15) is 24.1 Å². The molecular weight excluding hydrogens is 579 g/mol. The SMILES string of the molecule is Cc1ccccc1OP(=O)(Oc1ccccc1C)Oc1ccccc1C.c1ccc(C2OOC(c3ccccc3)OO2)cc1. The molecule has 1 fully saturated rings. The Labute approximate surface area is 257 Å². The molecule has 0 amide bonds. The maximum atomic E-state index is 13.5. The summed E-state index contributed by atoms with van der Waals surface area (Å²) in [5.41, 5.74) is 4.20. The molecule has 8 nitrogen and oxygen atoms in total. The van der Waals surface area contributed by atoms with Crippen molar-refractivity contribution in [3.8, 4) is 17.2 Å². The highest BCUT2D eigenvalue weighted by Crippen LogP contribution is 2.51. The third kappa shape index (κ3) is 8.35. The van der Waals surface area contributed by atoms with Gasteiger partial charge >= 0.3 is 7.82 Å². The van der Waals surface area contributed by atoms with Crippen molar-refractivity contribution < 1.29 is 37.7 Å². The lowest BCUT2D eigenvalue weighted by Crippen LogP contribution is -2.21. The average Bonchev–Trinajstić information content (AvgIpc) is 3.06. The highest BCUT2D eigenvalue weighted by Gasteiger charge is 2.34. The van der Waals surface area contributed by atoms with Crippen LogP contribution >= 0.6 is 7.82 Å². The Hall–Kier alpha value is -4.43. The molecule has 9 heteroatoms. The third-order valence-electron chi connectivity index (χ3n) is 6.52. The van der Waals surface area contributed by atoms with Gasteiger partial charge in [0, 0.05) is 11.1 Å². The van der Waals surface area contributed by atoms with Gasteiger partial charge < -0.3 is 13.6 Å². The molecular formula is C35H33O8P. The minimum Gasteiger partial charge on any atom is -0.386 e. The Bertz CT molecular complexity index is 1500. The zero-order chi connectivity index (χ0) is 30.8. The van der Waals surface area contributed by atoms with Gasteiger partial charge in [-0.25, -0.2) is 0 Å². The first-order chi connectivity index (χ1) is 21.4. The third-order valence-corrected chi connectivity index (χ3v) is 7.78. The van der Waals surface area contributed by atoms with Crippen LogP contribution in [-0.2, 0) is 24.1 Å². The van der Waals surface area contributed by atoms with Crippen LogP contribution in [0.2, 0.25) is 0 Å². The predicted molar refractivity (Wildman–Crippen MR) is 166 cm³/mol. The predicted octanol–water partition coefficient (Wildman–Crippen LogP) is 9.55. The van der Waals surface area contributed by atoms with E-state index < -0.39 is 20.4 Å². The summed E-state index contributed by atoms with van der Waals surface area (Å²) in [6.07, 6.45) is -1.32. The van der Waals surface area contributed by atoms with E-state index >= 15 is 0 Å². The Kier molecular flexibility index (Phi) is 10.5. The van der Waals surface area contributed by atoms with E-state index in [1.807, 2.05) is 136 Å². The molecule has 0 N–H and O–H groups in total. The monoisotopic (exact) mass is 612 g/mol. The molecule has 1 aliphatic heterocycles. The van der Waals surface area contributed by atoms with Crippen molar-refractivity contribution in [3.63, 3.8) is 0 Å². The van der Waals surface area contributed by atoms with E-state index in [4.69, 9.17) is 33.1 Å². The van der Waals surface area contributed by atoms with Crippen LogP contribution in [0.25, 0.3) is 0 Å². The Morgan fingerprint density at radius 2 is 0.705 bits per heavy atom. The molecule has 5 aromatic rings. The van der Waals surface area contributed by atoms with Crippen molar-refractivity contribution >= 4 is 7.82 Å². The summed E-state index contributed by atoms with van der Waals surface area (Å²) in [6.45, 7) is 5.63. The Morgan fingerprint density at radius 3 is 1.00 bits per heavy atom. The summed E-state index contributed by atoms with van der Waals surface area (Å²) in [5.74, 6) is 1.37. The Morgan fingerprint density at radius 1 is 0.432 bits per heavy atom. The minimum absolute atomic E-state index is 0.456. The van der Waals surface area contributed by atoms with Crippen molar-refractivity contribution in [2.45, 2.75) is 33.4 Å². The van der Waals surface area contributed by atoms with Gasteiger partial charge in [0.15, 0.2) is 0 Å². The molecule has 1 aliphatic rings. The van der Waals surface area contributed by atoms with Crippen molar-refractivity contribution in [2.75, 3.05) is 0 Å². The lowest BCUT2D eigenvalue weighted by molar-refractivity contribution is -0.600. The van der Waals surface area contributed by atoms with E-state index in [1.54, 1.807) is 18.2 Å². The molecule has 0 spiro atoms. The van der Waals surface area contributed by atoms with Crippen LogP contribution in [0, 0.1) is 20.8 Å². The maximum absolute atomic E-state index is 13.5. The topological polar surface area (TPSA) is 81.7 Å². The molecule has 0 aliphatic carbocycles. The van der Waals surface area contributed by atoms with Gasteiger partial charge in [-0.05, 0) is 55.7 Å². The quantitative estimate of drug-likeness (QED) is 0.127. The smallest absolute Gasteiger partial charge is 0.386 e. The normalized spacial score (nSPS) is 16.2. The highest BCUT2D eigenvalue weighted by atomic mass is 31.2. The fourth-order valence-corrected chi connectivity index (χ4v) is 5.52. The number of para-hydroxylation sites is 3. The van der Waals surface area contributed by atoms with Gasteiger partial charge in [0.2, 0.25) is 12.6 Å². The first kappa shape index (κ1) is 31.0. The molecule has 0 unspecified atom stereocenters. The van der Waals surface area contributed by atoms with E-state index in [-0.39, 0.29) is 0 Å². The lowest BCUT2D eigenvalue weighted by Gasteiger charge is -2.26. The van der Waals surface area contributed by atoms with Gasteiger partial charge in [-0.1, -0.05) is 115 Å². The molecule has 6 rings (SSSR count). The molecule has 0 saturated carbocycles. The van der Waals surface area contributed by atoms with Gasteiger partial charge in [0.25, 0.3) is 0 Å². The van der Waals surface area contributed by atoms with Gasteiger partial charge in [-0.3, -0.25) is 0 Å². The van der Waals surface area contributed by atoms with E-state index in [0.29, 0.717) is 17.2 Å². The van der Waals surface area contributed by atoms with Gasteiger partial charge in [0.1, 0.15) is 17.2 Å². The summed E-state index contributed by atoms with van der Waals surface area (Å²) in [7, 11) is -3.97. The van der Waals surface area contributed by atoms with Crippen molar-refractivity contribution in [2.24, 2.45) is 0 Å². The van der Waals surface area contributed by atoms with Crippen LogP contribution < -0.4 is 13.6 Å². The van der Waals surface area contributed by atoms with Crippen LogP contribution in [0.4, 0.5) is 0 Å². The van der Waals surface area contributed by atoms with Gasteiger partial charge in [-0.15, -0.1) is 0 Å². The molecule has 1 heterocycles. The average molecular weight is 613 g/mol. The number of hydrogen-bond donors (Lipinski definition) is 0. The second-order valence-electron chi connectivity index (χ2n) is 9.89. The number of phosphoric acid groups is 1. The number of phosphoric ester groups is 1. The van der Waals surface area contributed by atoms with E-state index in [9.17, 15) is 4.57 Å². The number of aryl methyl sites for hydroxylation is 3. The molecule has 0 atom stereocenters. The van der Waals surface area contributed by atoms with Crippen LogP contribution in [0.15, 0.2) is 133 Å². The largest absolute Gasteiger partial charge is 0.647 e. The van der Waals surface area contributed by atoms with Crippen molar-refractivity contribution in [3.05, 3.63) is 161 Å². The van der Waals surface area contributed by atoms with Crippen molar-refractivity contribution in [1.29, 1.82) is 0 Å². The summed E-state index contributed by atoms with van der Waals surface area (Å²) in [6, 6.07) is 40.9. The Balaban J connectivity index is 0.000000186. The zero-order valence-corrected chi connectivity index (χ0v) is 25.5. The highest BCUT2D eigenvalue weighted by molar-refractivity contribution is 7.49. The molecule has 0 bridgehead atoms. The number of rotatable bonds is 8. The summed E-state index contributed by atoms with van der Waals surface area (Å²) >= 11 is 0. The standard InChI is InChI=1S/C21H21O4P.C14H12O4/c1-16-10-4-7-13-19(16)23-26(22,24-20-14-8-5-11-17(20)2)25-21-15-9-6-12-18(21)3;1-3-7-11(8-4-1)13-15-17-14(18-16-13)12-9-5-2-6-10-12/h4-15H,1-3H3;1-10,13-14H. The maximum Gasteiger partial charge on any atom is 0.647 e. The summed E-state index contributed by atoms with van der Waals surface area (Å²) < 4.78 is 30.8. The van der Waals surface area contributed by atoms with E-state index in [2.05, 4.69) is 0 Å². The summed E-state index contributed by atoms with van der Waals surface area (Å²) in [5, 5.41) is 0. The van der Waals surface area contributed by atoms with Gasteiger partial charge in [0.05, 0.1) is 0 Å². The fourth-order valence-electron chi connectivity index (χ4n) is 4.07. The first-order valence-corrected chi connectivity index (χ1v) is 15.5. The van der Waals surface area contributed by atoms with Crippen LogP contribution in [0.3, 0.4) is 0 Å². The molecule has 1 saturated heterocycles. The van der Waals surface area contributed by atoms with Crippen LogP contribution in [-0.4, -0.2) is 0 Å². The van der Waals surface area contributed by atoms with Crippen molar-refractivity contribution in [1.82, 2.24) is 0 Å². The van der Waals surface area contributed by atoms with Crippen LogP contribution in [0.5, 0.6) is 17.2 Å². The fraction of sp³-hybridized carbons (Fsp3) is 0.143. The second-order valence-corrected chi connectivity index (χ2v) is 11.3. The molecule has 226 valence electrons. The zero-order valence-electron chi connectivity index (χ0n) is 24.6. The molecule has 44 heavy (non-hydrogen) atoms.